The summed E-state index contributed by atoms with van der Waals surface area (Å²) in [5, 5.41) is 10.0. The lowest BCUT2D eigenvalue weighted by Gasteiger charge is -2.23. The molecule has 1 fully saturated rings. The van der Waals surface area contributed by atoms with E-state index in [9.17, 15) is 18.5 Å². The Hall–Kier alpha value is -2.25. The smallest absolute Gasteiger partial charge is 0.263 e. The molecule has 2 aliphatic rings. The summed E-state index contributed by atoms with van der Waals surface area (Å²) in [7, 11) is -1.42. The van der Waals surface area contributed by atoms with Gasteiger partial charge >= 0.3 is 0 Å². The van der Waals surface area contributed by atoms with Gasteiger partial charge in [0.15, 0.2) is 0 Å². The molecule has 0 aromatic heterocycles. The first kappa shape index (κ1) is 17.2. The van der Waals surface area contributed by atoms with Gasteiger partial charge in [0.25, 0.3) is 5.91 Å². The molecule has 7 heteroatoms. The Morgan fingerprint density at radius 2 is 2.00 bits per heavy atom. The maximum absolute atomic E-state index is 13.8. The van der Waals surface area contributed by atoms with E-state index in [4.69, 9.17) is 4.74 Å². The fourth-order valence-electron chi connectivity index (χ4n) is 3.00. The number of halogens is 1. The second kappa shape index (κ2) is 6.81. The lowest BCUT2D eigenvalue weighted by atomic mass is 9.95. The molecule has 2 aromatic carbocycles. The maximum Gasteiger partial charge on any atom is 0.263 e. The molecular weight excluding hydrogens is 357 g/mol. The van der Waals surface area contributed by atoms with Gasteiger partial charge in [-0.2, -0.15) is 0 Å². The van der Waals surface area contributed by atoms with E-state index in [-0.39, 0.29) is 10.8 Å². The van der Waals surface area contributed by atoms with Crippen LogP contribution < -0.4 is 9.46 Å². The summed E-state index contributed by atoms with van der Waals surface area (Å²) < 4.78 is 33.9. The topological polar surface area (TPSA) is 75.6 Å². The molecular formula is C19H18FNO4S. The molecule has 4 rings (SSSR count). The van der Waals surface area contributed by atoms with Gasteiger partial charge < -0.3 is 9.84 Å². The van der Waals surface area contributed by atoms with Gasteiger partial charge in [0, 0.05) is 17.5 Å². The first-order chi connectivity index (χ1) is 12.5. The first-order valence-electron chi connectivity index (χ1n) is 8.49. The summed E-state index contributed by atoms with van der Waals surface area (Å²) in [5.74, 6) is -0.444. The normalized spacial score (nSPS) is 20.0. The van der Waals surface area contributed by atoms with Crippen molar-refractivity contribution in [3.05, 3.63) is 53.3 Å². The van der Waals surface area contributed by atoms with Crippen molar-refractivity contribution in [3.63, 3.8) is 0 Å². The number of carbonyl (C=O) groups is 1. The highest BCUT2D eigenvalue weighted by Crippen LogP contribution is 2.36. The van der Waals surface area contributed by atoms with Gasteiger partial charge in [0.05, 0.1) is 18.0 Å². The lowest BCUT2D eigenvalue weighted by molar-refractivity contribution is 0.0983. The van der Waals surface area contributed by atoms with Crippen LogP contribution in [0, 0.1) is 5.82 Å². The number of hydrogen-bond acceptors (Lipinski definition) is 4. The summed E-state index contributed by atoms with van der Waals surface area (Å²) in [4.78, 5) is 12.5. The number of benzene rings is 2. The van der Waals surface area contributed by atoms with Crippen molar-refractivity contribution in [3.8, 4) is 16.9 Å². The standard InChI is InChI=1S/C19H18FNO4S/c20-12-2-6-14(19(23)21-26(24)13-3-4-13)16(10-12)11-1-5-15-17(22)7-8-25-18(15)9-11/h1-2,5-6,9-10,13,17,22H,3-4,7-8H2,(H,21,23)/t17-,26?/m0/s1. The molecule has 1 saturated carbocycles. The van der Waals surface area contributed by atoms with Gasteiger partial charge in [0.1, 0.15) is 22.6 Å². The molecule has 5 nitrogen and oxygen atoms in total. The predicted molar refractivity (Wildman–Crippen MR) is 95.5 cm³/mol. The molecule has 0 saturated heterocycles. The number of nitrogens with one attached hydrogen (secondary N) is 1. The van der Waals surface area contributed by atoms with Crippen molar-refractivity contribution < 1.29 is 23.2 Å². The van der Waals surface area contributed by atoms with Gasteiger partial charge in [0.2, 0.25) is 0 Å². The number of hydrogen-bond donors (Lipinski definition) is 2. The van der Waals surface area contributed by atoms with Crippen molar-refractivity contribution in [2.45, 2.75) is 30.6 Å². The second-order valence-corrected chi connectivity index (χ2v) is 7.99. The highest BCUT2D eigenvalue weighted by Gasteiger charge is 2.30. The molecule has 0 radical (unpaired) electrons. The number of aliphatic hydroxyl groups excluding tert-OH is 1. The fraction of sp³-hybridized carbons (Fsp3) is 0.316. The zero-order chi connectivity index (χ0) is 18.3. The van der Waals surface area contributed by atoms with E-state index in [0.29, 0.717) is 35.5 Å². The van der Waals surface area contributed by atoms with E-state index in [0.717, 1.165) is 12.8 Å². The lowest BCUT2D eigenvalue weighted by Crippen LogP contribution is -2.28. The van der Waals surface area contributed by atoms with Crippen molar-refractivity contribution in [1.29, 1.82) is 0 Å². The van der Waals surface area contributed by atoms with Gasteiger partial charge in [-0.3, -0.25) is 9.52 Å². The van der Waals surface area contributed by atoms with Crippen LogP contribution in [0.15, 0.2) is 36.4 Å². The summed E-state index contributed by atoms with van der Waals surface area (Å²) in [5.41, 5.74) is 1.91. The predicted octanol–water partition coefficient (Wildman–Crippen LogP) is 2.86. The molecule has 2 atom stereocenters. The summed E-state index contributed by atoms with van der Waals surface area (Å²) in [6.45, 7) is 0.397. The molecule has 1 amide bonds. The van der Waals surface area contributed by atoms with Crippen LogP contribution in [0.3, 0.4) is 0 Å². The Bertz CT molecular complexity index is 897. The third kappa shape index (κ3) is 3.37. The highest BCUT2D eigenvalue weighted by atomic mass is 32.2. The summed E-state index contributed by atoms with van der Waals surface area (Å²) in [6.07, 6.45) is 1.61. The Labute approximate surface area is 152 Å². The minimum atomic E-state index is -1.42. The van der Waals surface area contributed by atoms with Crippen LogP contribution in [0.4, 0.5) is 4.39 Å². The third-order valence-corrected chi connectivity index (χ3v) is 6.04. The van der Waals surface area contributed by atoms with Crippen LogP contribution in [0.25, 0.3) is 11.1 Å². The second-order valence-electron chi connectivity index (χ2n) is 6.52. The minimum Gasteiger partial charge on any atom is -0.493 e. The molecule has 0 spiro atoms. The van der Waals surface area contributed by atoms with E-state index in [2.05, 4.69) is 4.72 Å². The van der Waals surface area contributed by atoms with Crippen molar-refractivity contribution in [2.75, 3.05) is 6.61 Å². The molecule has 2 N–H and O–H groups in total. The molecule has 2 aromatic rings. The van der Waals surface area contributed by atoms with E-state index in [1.54, 1.807) is 18.2 Å². The zero-order valence-electron chi connectivity index (χ0n) is 13.9. The maximum atomic E-state index is 13.8. The quantitative estimate of drug-likeness (QED) is 0.862. The monoisotopic (exact) mass is 375 g/mol. The fourth-order valence-corrected chi connectivity index (χ4v) is 4.03. The number of carbonyl (C=O) groups excluding carboxylic acids is 1. The molecule has 1 aliphatic heterocycles. The van der Waals surface area contributed by atoms with Crippen LogP contribution in [0.5, 0.6) is 5.75 Å². The molecule has 1 heterocycles. The van der Waals surface area contributed by atoms with Gasteiger partial charge in [-0.1, -0.05) is 12.1 Å². The summed E-state index contributed by atoms with van der Waals surface area (Å²) >= 11 is 0. The van der Waals surface area contributed by atoms with Crippen LogP contribution in [-0.4, -0.2) is 27.1 Å². The Morgan fingerprint density at radius 1 is 1.19 bits per heavy atom. The van der Waals surface area contributed by atoms with Crippen molar-refractivity contribution >= 4 is 16.9 Å². The van der Waals surface area contributed by atoms with Crippen LogP contribution in [-0.2, 0) is 11.0 Å². The molecule has 1 unspecified atom stereocenters. The van der Waals surface area contributed by atoms with E-state index >= 15 is 0 Å². The van der Waals surface area contributed by atoms with E-state index < -0.39 is 28.8 Å². The number of ether oxygens (including phenoxy) is 1. The first-order valence-corrected chi connectivity index (χ1v) is 9.70. The number of amides is 1. The van der Waals surface area contributed by atoms with Crippen molar-refractivity contribution in [1.82, 2.24) is 4.72 Å². The molecule has 26 heavy (non-hydrogen) atoms. The number of aliphatic hydroxyl groups is 1. The van der Waals surface area contributed by atoms with Gasteiger partial charge in [-0.15, -0.1) is 0 Å². The van der Waals surface area contributed by atoms with Crippen LogP contribution in [0.2, 0.25) is 0 Å². The van der Waals surface area contributed by atoms with Crippen LogP contribution in [0.1, 0.15) is 41.3 Å². The Balaban J connectivity index is 1.70. The average Bonchev–Trinajstić information content (AvgIpc) is 3.46. The summed E-state index contributed by atoms with van der Waals surface area (Å²) in [6, 6.07) is 9.01. The number of rotatable bonds is 4. The average molecular weight is 375 g/mol. The SMILES string of the molecule is O=C(NS(=O)C1CC1)c1ccc(F)cc1-c1ccc2c(c1)OCC[C@@H]2O. The van der Waals surface area contributed by atoms with E-state index in [1.165, 1.54) is 18.2 Å². The zero-order valence-corrected chi connectivity index (χ0v) is 14.7. The minimum absolute atomic E-state index is 0.0153. The Morgan fingerprint density at radius 3 is 2.77 bits per heavy atom. The van der Waals surface area contributed by atoms with Crippen LogP contribution >= 0.6 is 0 Å². The molecule has 136 valence electrons. The highest BCUT2D eigenvalue weighted by molar-refractivity contribution is 7.84. The molecule has 1 aliphatic carbocycles. The van der Waals surface area contributed by atoms with Crippen molar-refractivity contribution in [2.24, 2.45) is 0 Å². The third-order valence-electron chi connectivity index (χ3n) is 4.58. The molecule has 0 bridgehead atoms. The van der Waals surface area contributed by atoms with E-state index in [1.807, 2.05) is 0 Å². The van der Waals surface area contributed by atoms with Gasteiger partial charge in [-0.05, 0) is 48.2 Å². The Kier molecular flexibility index (Phi) is 4.50. The van der Waals surface area contributed by atoms with Gasteiger partial charge in [-0.25, -0.2) is 8.60 Å². The number of fused-ring (bicyclic) bond motifs is 1. The largest absolute Gasteiger partial charge is 0.493 e.